The molecule has 2 aromatic rings. The van der Waals surface area contributed by atoms with Crippen LogP contribution < -0.4 is 10.6 Å². The first-order valence-corrected chi connectivity index (χ1v) is 10.7. The average Bonchev–Trinajstić information content (AvgIpc) is 3.10. The summed E-state index contributed by atoms with van der Waals surface area (Å²) in [7, 11) is 0. The van der Waals surface area contributed by atoms with E-state index < -0.39 is 35.9 Å². The highest BCUT2D eigenvalue weighted by molar-refractivity contribution is 7.16. The van der Waals surface area contributed by atoms with Crippen LogP contribution in [0.3, 0.4) is 0 Å². The number of halogens is 1. The van der Waals surface area contributed by atoms with Gasteiger partial charge in [0.25, 0.3) is 5.91 Å². The smallest absolute Gasteiger partial charge is 0.341 e. The first-order valence-electron chi connectivity index (χ1n) is 9.55. The molecule has 0 bridgehead atoms. The Labute approximate surface area is 188 Å². The second-order valence-electron chi connectivity index (χ2n) is 7.21. The van der Waals surface area contributed by atoms with Crippen molar-refractivity contribution < 1.29 is 23.9 Å². The fourth-order valence-corrected chi connectivity index (χ4v) is 4.48. The molecule has 4 amide bonds. The Morgan fingerprint density at radius 2 is 1.87 bits per heavy atom. The highest BCUT2D eigenvalue weighted by Crippen LogP contribution is 2.33. The molecule has 1 aromatic heterocycles. The monoisotopic (exact) mass is 463 g/mol. The minimum atomic E-state index is -1.31. The zero-order valence-electron chi connectivity index (χ0n) is 17.5. The molecule has 0 unspecified atom stereocenters. The number of rotatable bonds is 6. The number of thiophene rings is 1. The summed E-state index contributed by atoms with van der Waals surface area (Å²) in [5, 5.41) is 6.10. The number of imide groups is 1. The molecule has 1 aliphatic heterocycles. The van der Waals surface area contributed by atoms with Crippen LogP contribution in [0, 0.1) is 13.8 Å². The second kappa shape index (κ2) is 8.68. The summed E-state index contributed by atoms with van der Waals surface area (Å²) in [5.74, 6) is -1.69. The minimum Gasteiger partial charge on any atom is -0.462 e. The summed E-state index contributed by atoms with van der Waals surface area (Å²) < 4.78 is 5.07. The Bertz CT molecular complexity index is 1070. The molecule has 1 aromatic carbocycles. The van der Waals surface area contributed by atoms with E-state index in [1.54, 1.807) is 45.0 Å². The molecule has 1 aliphatic rings. The number of amides is 4. The molecule has 0 radical (unpaired) electrons. The molecule has 31 heavy (non-hydrogen) atoms. The van der Waals surface area contributed by atoms with Crippen molar-refractivity contribution in [3.63, 3.8) is 0 Å². The van der Waals surface area contributed by atoms with Crippen LogP contribution in [0.1, 0.15) is 40.2 Å². The number of aryl methyl sites for hydroxylation is 1. The van der Waals surface area contributed by atoms with Gasteiger partial charge in [0, 0.05) is 9.90 Å². The fourth-order valence-electron chi connectivity index (χ4n) is 3.29. The molecule has 2 heterocycles. The van der Waals surface area contributed by atoms with Gasteiger partial charge < -0.3 is 15.4 Å². The summed E-state index contributed by atoms with van der Waals surface area (Å²) in [4.78, 5) is 52.1. The van der Waals surface area contributed by atoms with Crippen LogP contribution in [-0.4, -0.2) is 41.9 Å². The van der Waals surface area contributed by atoms with Crippen LogP contribution in [-0.2, 0) is 19.9 Å². The molecule has 1 fully saturated rings. The Morgan fingerprint density at radius 3 is 2.48 bits per heavy atom. The number of ether oxygens (including phenoxy) is 1. The van der Waals surface area contributed by atoms with E-state index in [9.17, 15) is 19.2 Å². The summed E-state index contributed by atoms with van der Waals surface area (Å²) in [6.45, 7) is 6.56. The van der Waals surface area contributed by atoms with E-state index in [-0.39, 0.29) is 12.2 Å². The van der Waals surface area contributed by atoms with Crippen molar-refractivity contribution in [2.45, 2.75) is 33.2 Å². The van der Waals surface area contributed by atoms with Crippen molar-refractivity contribution in [1.82, 2.24) is 10.2 Å². The van der Waals surface area contributed by atoms with Crippen molar-refractivity contribution >= 4 is 51.8 Å². The lowest BCUT2D eigenvalue weighted by Gasteiger charge is -2.22. The second-order valence-corrected chi connectivity index (χ2v) is 8.87. The van der Waals surface area contributed by atoms with Gasteiger partial charge in [-0.3, -0.25) is 14.5 Å². The number of nitrogens with one attached hydrogen (secondary N) is 2. The van der Waals surface area contributed by atoms with Gasteiger partial charge in [-0.15, -0.1) is 11.3 Å². The van der Waals surface area contributed by atoms with Crippen molar-refractivity contribution in [1.29, 1.82) is 0 Å². The van der Waals surface area contributed by atoms with Crippen LogP contribution >= 0.6 is 22.9 Å². The number of carbonyl (C=O) groups excluding carboxylic acids is 4. The topological polar surface area (TPSA) is 105 Å². The van der Waals surface area contributed by atoms with E-state index >= 15 is 0 Å². The normalized spacial score (nSPS) is 18.2. The van der Waals surface area contributed by atoms with Crippen LogP contribution in [0.25, 0.3) is 0 Å². The van der Waals surface area contributed by atoms with Crippen LogP contribution in [0.2, 0.25) is 5.02 Å². The lowest BCUT2D eigenvalue weighted by molar-refractivity contribution is -0.133. The van der Waals surface area contributed by atoms with Gasteiger partial charge in [-0.05, 0) is 51.0 Å². The summed E-state index contributed by atoms with van der Waals surface area (Å²) in [6.07, 6.45) is 0. The fraction of sp³-hybridized carbons (Fsp3) is 0.333. The molecule has 2 N–H and O–H groups in total. The number of esters is 1. The zero-order valence-corrected chi connectivity index (χ0v) is 19.1. The van der Waals surface area contributed by atoms with Gasteiger partial charge in [0.05, 0.1) is 12.2 Å². The van der Waals surface area contributed by atoms with Gasteiger partial charge in [-0.1, -0.05) is 23.7 Å². The Morgan fingerprint density at radius 1 is 1.23 bits per heavy atom. The predicted octanol–water partition coefficient (Wildman–Crippen LogP) is 3.60. The third-order valence-corrected chi connectivity index (χ3v) is 6.49. The molecule has 3 rings (SSSR count). The first-order chi connectivity index (χ1) is 14.6. The van der Waals surface area contributed by atoms with Gasteiger partial charge in [-0.25, -0.2) is 9.59 Å². The maximum Gasteiger partial charge on any atom is 0.341 e. The molecule has 0 saturated carbocycles. The predicted molar refractivity (Wildman–Crippen MR) is 117 cm³/mol. The Kier molecular flexibility index (Phi) is 6.38. The molecular weight excluding hydrogens is 442 g/mol. The van der Waals surface area contributed by atoms with Crippen LogP contribution in [0.5, 0.6) is 0 Å². The third kappa shape index (κ3) is 4.28. The molecular formula is C21H22ClN3O5S. The van der Waals surface area contributed by atoms with E-state index in [0.717, 1.165) is 9.78 Å². The molecule has 10 heteroatoms. The lowest BCUT2D eigenvalue weighted by atomic mass is 9.92. The van der Waals surface area contributed by atoms with E-state index in [2.05, 4.69) is 10.6 Å². The molecule has 164 valence electrons. The lowest BCUT2D eigenvalue weighted by Crippen LogP contribution is -2.42. The summed E-state index contributed by atoms with van der Waals surface area (Å²) in [6, 6.07) is 5.85. The number of hydrogen-bond donors (Lipinski definition) is 2. The van der Waals surface area contributed by atoms with Crippen LogP contribution in [0.15, 0.2) is 24.3 Å². The molecule has 1 atom stereocenters. The minimum absolute atomic E-state index is 0.201. The van der Waals surface area contributed by atoms with Crippen molar-refractivity contribution in [3.05, 3.63) is 50.9 Å². The number of benzene rings is 1. The largest absolute Gasteiger partial charge is 0.462 e. The SMILES string of the molecule is CCOC(=O)c1c(NC(=O)CN2C(=O)N[C@@](C)(c3ccc(Cl)cc3)C2=O)sc(C)c1C. The third-order valence-electron chi connectivity index (χ3n) is 5.12. The standard InChI is InChI=1S/C21H22ClN3O5S/c1-5-30-18(27)16-11(2)12(3)31-17(16)23-15(26)10-25-19(28)21(4,24-20(25)29)13-6-8-14(22)9-7-13/h6-9H,5,10H2,1-4H3,(H,23,26)(H,24,29)/t21-/m0/s1. The number of nitrogens with zero attached hydrogens (tertiary/aromatic N) is 1. The number of hydrogen-bond acceptors (Lipinski definition) is 6. The number of carbonyl (C=O) groups is 4. The van der Waals surface area contributed by atoms with Crippen molar-refractivity contribution in [2.75, 3.05) is 18.5 Å². The average molecular weight is 464 g/mol. The molecule has 0 aliphatic carbocycles. The van der Waals surface area contributed by atoms with Crippen molar-refractivity contribution in [3.8, 4) is 0 Å². The molecule has 1 saturated heterocycles. The summed E-state index contributed by atoms with van der Waals surface area (Å²) >= 11 is 7.14. The van der Waals surface area contributed by atoms with Gasteiger partial charge in [0.2, 0.25) is 5.91 Å². The Hall–Kier alpha value is -2.91. The van der Waals surface area contributed by atoms with Gasteiger partial charge in [-0.2, -0.15) is 0 Å². The molecule has 8 nitrogen and oxygen atoms in total. The van der Waals surface area contributed by atoms with E-state index in [1.807, 2.05) is 6.92 Å². The first kappa shape index (κ1) is 22.8. The van der Waals surface area contributed by atoms with E-state index in [0.29, 0.717) is 21.2 Å². The number of anilines is 1. The maximum absolute atomic E-state index is 13.0. The van der Waals surface area contributed by atoms with E-state index in [1.165, 1.54) is 11.3 Å². The number of urea groups is 1. The Balaban J connectivity index is 1.78. The van der Waals surface area contributed by atoms with Gasteiger partial charge >= 0.3 is 12.0 Å². The van der Waals surface area contributed by atoms with Crippen molar-refractivity contribution in [2.24, 2.45) is 0 Å². The maximum atomic E-state index is 13.0. The zero-order chi connectivity index (χ0) is 22.9. The highest BCUT2D eigenvalue weighted by atomic mass is 35.5. The molecule has 0 spiro atoms. The van der Waals surface area contributed by atoms with Crippen LogP contribution in [0.4, 0.5) is 9.80 Å². The quantitative estimate of drug-likeness (QED) is 0.503. The van der Waals surface area contributed by atoms with Gasteiger partial charge in [0.15, 0.2) is 0 Å². The highest BCUT2D eigenvalue weighted by Gasteiger charge is 2.49. The van der Waals surface area contributed by atoms with Gasteiger partial charge in [0.1, 0.15) is 17.1 Å². The summed E-state index contributed by atoms with van der Waals surface area (Å²) in [5.41, 5.74) is 0.228. The van der Waals surface area contributed by atoms with E-state index in [4.69, 9.17) is 16.3 Å².